The zero-order valence-electron chi connectivity index (χ0n) is 17.5. The lowest BCUT2D eigenvalue weighted by atomic mass is 9.69. The van der Waals surface area contributed by atoms with E-state index in [0.29, 0.717) is 28.9 Å². The van der Waals surface area contributed by atoms with Gasteiger partial charge in [0, 0.05) is 41.5 Å². The van der Waals surface area contributed by atoms with Crippen LogP contribution in [0.1, 0.15) is 38.3 Å². The highest BCUT2D eigenvalue weighted by molar-refractivity contribution is 5.70. The normalized spacial score (nSPS) is 27.7. The van der Waals surface area contributed by atoms with E-state index < -0.39 is 6.17 Å². The van der Waals surface area contributed by atoms with Crippen LogP contribution in [0.2, 0.25) is 0 Å². The Bertz CT molecular complexity index is 1100. The molecule has 4 heterocycles. The van der Waals surface area contributed by atoms with E-state index >= 15 is 4.39 Å². The number of nitrogens with zero attached hydrogens (tertiary/aromatic N) is 4. The molecular weight excluding hydrogens is 393 g/mol. The van der Waals surface area contributed by atoms with E-state index in [1.807, 2.05) is 22.9 Å². The molecule has 31 heavy (non-hydrogen) atoms. The first-order valence-electron chi connectivity index (χ1n) is 10.7. The molecule has 2 bridgehead atoms. The lowest BCUT2D eigenvalue weighted by molar-refractivity contribution is 0.0525. The van der Waals surface area contributed by atoms with E-state index in [-0.39, 0.29) is 23.2 Å². The van der Waals surface area contributed by atoms with Gasteiger partial charge in [-0.15, -0.1) is 5.10 Å². The number of hydrogen-bond acceptors (Lipinski definition) is 5. The van der Waals surface area contributed by atoms with E-state index in [2.05, 4.69) is 34.0 Å². The first-order valence-corrected chi connectivity index (χ1v) is 10.7. The number of piperidine rings is 2. The fourth-order valence-corrected chi connectivity index (χ4v) is 5.04. The van der Waals surface area contributed by atoms with E-state index in [0.717, 1.165) is 24.9 Å². The van der Waals surface area contributed by atoms with Gasteiger partial charge in [0.2, 0.25) is 0 Å². The number of alkyl halides is 1. The summed E-state index contributed by atoms with van der Waals surface area (Å²) >= 11 is 0. The Hall–Kier alpha value is -3.06. The van der Waals surface area contributed by atoms with Crippen molar-refractivity contribution in [3.8, 4) is 22.7 Å². The molecule has 2 aliphatic heterocycles. The van der Waals surface area contributed by atoms with Gasteiger partial charge in [-0.05, 0) is 62.4 Å². The Labute approximate surface area is 180 Å². The Morgan fingerprint density at radius 1 is 1.29 bits per heavy atom. The average Bonchev–Trinajstić information content (AvgIpc) is 3.31. The maximum Gasteiger partial charge on any atom is 0.127 e. The molecule has 160 valence electrons. The molecule has 2 N–H and O–H groups in total. The second kappa shape index (κ2) is 7.57. The summed E-state index contributed by atoms with van der Waals surface area (Å²) in [5.41, 5.74) is 3.20. The number of halogens is 1. The molecule has 7 heteroatoms. The monoisotopic (exact) mass is 419 g/mol. The molecule has 2 aromatic heterocycles. The van der Waals surface area contributed by atoms with Crippen LogP contribution in [-0.4, -0.2) is 42.6 Å². The Kier molecular flexibility index (Phi) is 4.85. The molecule has 0 saturated carbocycles. The van der Waals surface area contributed by atoms with Crippen LogP contribution in [0.25, 0.3) is 22.5 Å². The van der Waals surface area contributed by atoms with Crippen LogP contribution in [0.15, 0.2) is 55.6 Å². The molecule has 2 saturated heterocycles. The van der Waals surface area contributed by atoms with Crippen molar-refractivity contribution < 1.29 is 9.50 Å². The summed E-state index contributed by atoms with van der Waals surface area (Å²) < 4.78 is 17.0. The Morgan fingerprint density at radius 2 is 2.16 bits per heavy atom. The standard InChI is InChI=1S/C24H26FN5O/c1-15(18-13-24(2)9-3-4-21(27-24)23(18)25)19-7-8-20(29-28-19)17-6-5-16(12-22(17)31)30-11-10-26-14-30/h5-8,10-12,14,18,21,23,27,31H,1,3-4,9,13H2,2H3/t18-,21-,23+,24+/m0/s1. The molecule has 2 fully saturated rings. The van der Waals surface area contributed by atoms with Crippen molar-refractivity contribution in [2.45, 2.75) is 50.4 Å². The number of fused-ring (bicyclic) bond motifs is 2. The highest BCUT2D eigenvalue weighted by Gasteiger charge is 2.46. The smallest absolute Gasteiger partial charge is 0.127 e. The number of rotatable bonds is 4. The van der Waals surface area contributed by atoms with Gasteiger partial charge in [-0.2, -0.15) is 5.10 Å². The van der Waals surface area contributed by atoms with Crippen LogP contribution in [0, 0.1) is 5.92 Å². The molecule has 0 aliphatic carbocycles. The molecule has 0 unspecified atom stereocenters. The van der Waals surface area contributed by atoms with Crippen molar-refractivity contribution >= 4 is 5.57 Å². The number of allylic oxidation sites excluding steroid dienone is 1. The number of aromatic hydroxyl groups is 1. The van der Waals surface area contributed by atoms with Gasteiger partial charge < -0.3 is 15.0 Å². The maximum atomic E-state index is 15.2. The predicted octanol–water partition coefficient (Wildman–Crippen LogP) is 4.31. The van der Waals surface area contributed by atoms with Gasteiger partial charge in [0.25, 0.3) is 0 Å². The summed E-state index contributed by atoms with van der Waals surface area (Å²) in [5, 5.41) is 22.6. The summed E-state index contributed by atoms with van der Waals surface area (Å²) in [5.74, 6) is -0.158. The first-order chi connectivity index (χ1) is 14.9. The van der Waals surface area contributed by atoms with Crippen molar-refractivity contribution in [1.82, 2.24) is 25.1 Å². The van der Waals surface area contributed by atoms with E-state index in [1.54, 1.807) is 30.7 Å². The molecular formula is C24H26FN5O. The maximum absolute atomic E-state index is 15.2. The minimum atomic E-state index is -0.970. The van der Waals surface area contributed by atoms with E-state index in [9.17, 15) is 5.11 Å². The van der Waals surface area contributed by atoms with Crippen molar-refractivity contribution in [3.05, 3.63) is 61.3 Å². The third-order valence-electron chi connectivity index (χ3n) is 6.72. The number of aromatic nitrogens is 4. The SMILES string of the molecule is C=C(c1ccc(-c2ccc(-n3ccnc3)cc2O)nn1)[C@@H]1C[C@@]2(C)CCC[C@H](N2)[C@@H]1F. The number of hydrogen-bond donors (Lipinski definition) is 2. The van der Waals surface area contributed by atoms with Gasteiger partial charge in [-0.3, -0.25) is 0 Å². The molecule has 1 aromatic carbocycles. The summed E-state index contributed by atoms with van der Waals surface area (Å²) in [7, 11) is 0. The van der Waals surface area contributed by atoms with Gasteiger partial charge >= 0.3 is 0 Å². The minimum Gasteiger partial charge on any atom is -0.507 e. The summed E-state index contributed by atoms with van der Waals surface area (Å²) in [6.07, 6.45) is 7.87. The van der Waals surface area contributed by atoms with Crippen LogP contribution in [0.3, 0.4) is 0 Å². The van der Waals surface area contributed by atoms with Crippen LogP contribution in [0.4, 0.5) is 4.39 Å². The minimum absolute atomic E-state index is 0.0464. The molecule has 0 spiro atoms. The van der Waals surface area contributed by atoms with Crippen molar-refractivity contribution in [3.63, 3.8) is 0 Å². The van der Waals surface area contributed by atoms with Crippen LogP contribution >= 0.6 is 0 Å². The highest BCUT2D eigenvalue weighted by Crippen LogP contribution is 2.43. The van der Waals surface area contributed by atoms with Crippen molar-refractivity contribution in [1.29, 1.82) is 0 Å². The summed E-state index contributed by atoms with van der Waals surface area (Å²) in [6, 6.07) is 8.85. The van der Waals surface area contributed by atoms with Gasteiger partial charge in [-0.25, -0.2) is 9.37 Å². The van der Waals surface area contributed by atoms with Crippen molar-refractivity contribution in [2.24, 2.45) is 5.92 Å². The summed E-state index contributed by atoms with van der Waals surface area (Å²) in [4.78, 5) is 4.02. The molecule has 6 nitrogen and oxygen atoms in total. The fourth-order valence-electron chi connectivity index (χ4n) is 5.04. The molecule has 2 aliphatic rings. The fraction of sp³-hybridized carbons (Fsp3) is 0.375. The van der Waals surface area contributed by atoms with Gasteiger partial charge in [0.05, 0.1) is 23.4 Å². The van der Waals surface area contributed by atoms with Crippen LogP contribution < -0.4 is 5.32 Å². The molecule has 0 amide bonds. The zero-order chi connectivity index (χ0) is 21.6. The van der Waals surface area contributed by atoms with Crippen molar-refractivity contribution in [2.75, 3.05) is 0 Å². The second-order valence-electron chi connectivity index (χ2n) is 8.96. The Balaban J connectivity index is 1.37. The van der Waals surface area contributed by atoms with E-state index in [4.69, 9.17) is 0 Å². The van der Waals surface area contributed by atoms with E-state index in [1.165, 1.54) is 0 Å². The molecule has 4 atom stereocenters. The average molecular weight is 420 g/mol. The third kappa shape index (κ3) is 3.63. The third-order valence-corrected chi connectivity index (χ3v) is 6.72. The summed E-state index contributed by atoms with van der Waals surface area (Å²) in [6.45, 7) is 6.37. The second-order valence-corrected chi connectivity index (χ2v) is 8.96. The van der Waals surface area contributed by atoms with Crippen LogP contribution in [0.5, 0.6) is 5.75 Å². The lowest BCUT2D eigenvalue weighted by Gasteiger charge is -2.49. The first kappa shape index (κ1) is 19.9. The number of nitrogens with one attached hydrogen (secondary N) is 1. The number of phenolic OH excluding ortho intramolecular Hbond substituents is 1. The van der Waals surface area contributed by atoms with Gasteiger partial charge in [-0.1, -0.05) is 6.58 Å². The Morgan fingerprint density at radius 3 is 2.87 bits per heavy atom. The van der Waals surface area contributed by atoms with Gasteiger partial charge in [0.15, 0.2) is 0 Å². The number of imidazole rings is 1. The predicted molar refractivity (Wildman–Crippen MR) is 117 cm³/mol. The molecule has 5 rings (SSSR count). The quantitative estimate of drug-likeness (QED) is 0.659. The van der Waals surface area contributed by atoms with Crippen LogP contribution in [-0.2, 0) is 0 Å². The lowest BCUT2D eigenvalue weighted by Crippen LogP contribution is -2.62. The number of phenols is 1. The molecule has 0 radical (unpaired) electrons. The zero-order valence-corrected chi connectivity index (χ0v) is 17.5. The van der Waals surface area contributed by atoms with Gasteiger partial charge in [0.1, 0.15) is 11.9 Å². The topological polar surface area (TPSA) is 75.9 Å². The number of benzene rings is 1. The largest absolute Gasteiger partial charge is 0.507 e. The molecule has 3 aromatic rings. The highest BCUT2D eigenvalue weighted by atomic mass is 19.1.